The van der Waals surface area contributed by atoms with Crippen LogP contribution in [0.4, 0.5) is 0 Å². The molecule has 2 heterocycles. The lowest BCUT2D eigenvalue weighted by atomic mass is 9.66. The molecular formula is C26H33BrN2O2S. The summed E-state index contributed by atoms with van der Waals surface area (Å²) in [6.07, 6.45) is 5.92. The molecule has 2 aliphatic rings. The molecule has 1 aromatic heterocycles. The van der Waals surface area contributed by atoms with Gasteiger partial charge >= 0.3 is 0 Å². The van der Waals surface area contributed by atoms with Crippen LogP contribution in [0.3, 0.4) is 0 Å². The molecule has 1 aliphatic heterocycles. The molecule has 6 heteroatoms. The number of carbonyl (C=O) groups is 1. The van der Waals surface area contributed by atoms with Crippen LogP contribution in [0, 0.1) is 5.41 Å². The van der Waals surface area contributed by atoms with Crippen molar-refractivity contribution in [3.05, 3.63) is 45.2 Å². The van der Waals surface area contributed by atoms with Crippen LogP contribution in [0.5, 0.6) is 0 Å². The van der Waals surface area contributed by atoms with Crippen molar-refractivity contribution < 1.29 is 9.53 Å². The quantitative estimate of drug-likeness (QED) is 0.447. The lowest BCUT2D eigenvalue weighted by Gasteiger charge is -2.42. The molecule has 4 nitrogen and oxygen atoms in total. The highest BCUT2D eigenvalue weighted by Gasteiger charge is 2.40. The Hall–Kier alpha value is -1.50. The Kier molecular flexibility index (Phi) is 7.23. The third-order valence-corrected chi connectivity index (χ3v) is 8.83. The predicted octanol–water partition coefficient (Wildman–Crippen LogP) is 6.85. The maximum absolute atomic E-state index is 13.5. The van der Waals surface area contributed by atoms with Crippen molar-refractivity contribution in [2.75, 3.05) is 7.11 Å². The molecule has 4 rings (SSSR count). The first-order valence-electron chi connectivity index (χ1n) is 11.5. The fraction of sp³-hybridized carbons (Fsp3) is 0.538. The number of thiophene rings is 1. The Labute approximate surface area is 204 Å². The number of rotatable bonds is 3. The van der Waals surface area contributed by atoms with Crippen molar-refractivity contribution in [3.8, 4) is 10.4 Å². The minimum absolute atomic E-state index is 0.0148. The van der Waals surface area contributed by atoms with E-state index in [0.717, 1.165) is 42.4 Å². The lowest BCUT2D eigenvalue weighted by molar-refractivity contribution is -0.132. The van der Waals surface area contributed by atoms with E-state index in [-0.39, 0.29) is 17.4 Å². The van der Waals surface area contributed by atoms with Gasteiger partial charge in [-0.05, 0) is 103 Å². The number of nitrogens with zero attached hydrogens (tertiary/aromatic N) is 2. The van der Waals surface area contributed by atoms with Crippen LogP contribution in [-0.4, -0.2) is 35.9 Å². The fourth-order valence-electron chi connectivity index (χ4n) is 5.35. The highest BCUT2D eigenvalue weighted by Crippen LogP contribution is 2.45. The predicted molar refractivity (Wildman–Crippen MR) is 136 cm³/mol. The Balaban J connectivity index is 1.76. The minimum Gasteiger partial charge on any atom is -0.381 e. The standard InChI is InChI=1S/C26H33BrN2O2S/c1-17(2)29-18(3)28-15-21-11-19(24-12-22(27)16-32-24)5-6-20(21)13-26(14-25(29)30)9-7-23(31-4)8-10-26/h5-6,11-12,16-17,23H,7-10,13-15H2,1-4H3. The van der Waals surface area contributed by atoms with Gasteiger partial charge in [-0.3, -0.25) is 14.7 Å². The molecule has 0 saturated heterocycles. The van der Waals surface area contributed by atoms with Crippen molar-refractivity contribution in [3.63, 3.8) is 0 Å². The molecule has 172 valence electrons. The van der Waals surface area contributed by atoms with Crippen LogP contribution < -0.4 is 0 Å². The van der Waals surface area contributed by atoms with Gasteiger partial charge < -0.3 is 4.74 Å². The van der Waals surface area contributed by atoms with Gasteiger partial charge in [0.05, 0.1) is 12.6 Å². The van der Waals surface area contributed by atoms with Gasteiger partial charge in [0.15, 0.2) is 0 Å². The largest absolute Gasteiger partial charge is 0.381 e. The number of carbonyl (C=O) groups excluding carboxylic acids is 1. The Morgan fingerprint density at radius 1 is 1.19 bits per heavy atom. The normalized spacial score (nSPS) is 24.6. The van der Waals surface area contributed by atoms with Gasteiger partial charge in [0.25, 0.3) is 0 Å². The van der Waals surface area contributed by atoms with Gasteiger partial charge in [-0.25, -0.2) is 0 Å². The summed E-state index contributed by atoms with van der Waals surface area (Å²) < 4.78 is 6.77. The summed E-state index contributed by atoms with van der Waals surface area (Å²) in [6, 6.07) is 9.10. The Morgan fingerprint density at radius 3 is 2.56 bits per heavy atom. The fourth-order valence-corrected chi connectivity index (χ4v) is 6.77. The third-order valence-electron chi connectivity index (χ3n) is 7.09. The second-order valence-electron chi connectivity index (χ2n) is 9.62. The summed E-state index contributed by atoms with van der Waals surface area (Å²) in [4.78, 5) is 21.5. The highest BCUT2D eigenvalue weighted by atomic mass is 79.9. The van der Waals surface area contributed by atoms with Gasteiger partial charge in [-0.15, -0.1) is 11.3 Å². The second kappa shape index (κ2) is 9.78. The van der Waals surface area contributed by atoms with Gasteiger partial charge in [0.1, 0.15) is 5.84 Å². The number of amidine groups is 1. The van der Waals surface area contributed by atoms with E-state index in [1.54, 1.807) is 18.4 Å². The first-order valence-corrected chi connectivity index (χ1v) is 13.2. The summed E-state index contributed by atoms with van der Waals surface area (Å²) in [5.41, 5.74) is 3.83. The number of methoxy groups -OCH3 is 1. The van der Waals surface area contributed by atoms with E-state index in [1.165, 1.54) is 21.6 Å². The van der Waals surface area contributed by atoms with E-state index in [4.69, 9.17) is 9.73 Å². The smallest absolute Gasteiger partial charge is 0.228 e. The van der Waals surface area contributed by atoms with Gasteiger partial charge in [0.2, 0.25) is 5.91 Å². The zero-order chi connectivity index (χ0) is 22.9. The van der Waals surface area contributed by atoms with E-state index in [0.29, 0.717) is 19.1 Å². The number of hydrogen-bond acceptors (Lipinski definition) is 4. The van der Waals surface area contributed by atoms with Crippen molar-refractivity contribution >= 4 is 39.0 Å². The van der Waals surface area contributed by atoms with Crippen molar-refractivity contribution in [2.24, 2.45) is 10.4 Å². The molecule has 1 spiro atoms. The van der Waals surface area contributed by atoms with Gasteiger partial charge in [-0.2, -0.15) is 0 Å². The summed E-state index contributed by atoms with van der Waals surface area (Å²) in [7, 11) is 1.81. The number of benzene rings is 1. The zero-order valence-corrected chi connectivity index (χ0v) is 21.9. The second-order valence-corrected chi connectivity index (χ2v) is 11.4. The molecule has 1 aromatic carbocycles. The SMILES string of the molecule is COC1CCC2(CC1)CC(=O)N(C(C)C)C(C)=NCc1cc(-c3cc(Br)cs3)ccc1C2. The van der Waals surface area contributed by atoms with Gasteiger partial charge in [-0.1, -0.05) is 12.1 Å². The maximum Gasteiger partial charge on any atom is 0.228 e. The average Bonchev–Trinajstić information content (AvgIpc) is 3.19. The zero-order valence-electron chi connectivity index (χ0n) is 19.5. The molecule has 0 atom stereocenters. The van der Waals surface area contributed by atoms with Crippen molar-refractivity contribution in [1.82, 2.24) is 4.90 Å². The maximum atomic E-state index is 13.5. The number of ether oxygens (including phenoxy) is 1. The van der Waals surface area contributed by atoms with E-state index in [1.807, 2.05) is 11.8 Å². The summed E-state index contributed by atoms with van der Waals surface area (Å²) in [5.74, 6) is 1.03. The minimum atomic E-state index is -0.0148. The molecule has 0 bridgehead atoms. The van der Waals surface area contributed by atoms with Crippen LogP contribution in [0.1, 0.15) is 64.0 Å². The van der Waals surface area contributed by atoms with Crippen LogP contribution in [-0.2, 0) is 22.5 Å². The number of hydrogen-bond donors (Lipinski definition) is 0. The van der Waals surface area contributed by atoms with Crippen molar-refractivity contribution in [1.29, 1.82) is 0 Å². The van der Waals surface area contributed by atoms with Crippen LogP contribution in [0.25, 0.3) is 10.4 Å². The molecule has 1 fully saturated rings. The first-order chi connectivity index (χ1) is 15.3. The number of amides is 1. The number of aliphatic imine (C=N–C) groups is 1. The average molecular weight is 518 g/mol. The highest BCUT2D eigenvalue weighted by molar-refractivity contribution is 9.10. The summed E-state index contributed by atoms with van der Waals surface area (Å²) in [5, 5.41) is 2.12. The van der Waals surface area contributed by atoms with E-state index in [9.17, 15) is 4.79 Å². The molecule has 0 radical (unpaired) electrons. The number of halogens is 1. The Morgan fingerprint density at radius 2 is 1.94 bits per heavy atom. The monoisotopic (exact) mass is 516 g/mol. The molecule has 1 saturated carbocycles. The summed E-state index contributed by atoms with van der Waals surface area (Å²) >= 11 is 5.33. The molecule has 1 amide bonds. The number of fused-ring (bicyclic) bond motifs is 1. The summed E-state index contributed by atoms with van der Waals surface area (Å²) in [6.45, 7) is 6.75. The van der Waals surface area contributed by atoms with E-state index < -0.39 is 0 Å². The molecule has 1 aliphatic carbocycles. The van der Waals surface area contributed by atoms with Crippen LogP contribution in [0.2, 0.25) is 0 Å². The van der Waals surface area contributed by atoms with E-state index >= 15 is 0 Å². The van der Waals surface area contributed by atoms with Gasteiger partial charge in [0, 0.05) is 34.3 Å². The molecule has 2 aromatic rings. The van der Waals surface area contributed by atoms with Crippen LogP contribution >= 0.6 is 27.3 Å². The molecular weight excluding hydrogens is 484 g/mol. The Bertz CT molecular complexity index is 1010. The third kappa shape index (κ3) is 5.02. The first kappa shape index (κ1) is 23.7. The van der Waals surface area contributed by atoms with Crippen LogP contribution in [0.15, 0.2) is 39.1 Å². The topological polar surface area (TPSA) is 41.9 Å². The molecule has 0 N–H and O–H groups in total. The van der Waals surface area contributed by atoms with E-state index in [2.05, 4.69) is 59.4 Å². The molecule has 32 heavy (non-hydrogen) atoms. The van der Waals surface area contributed by atoms with Crippen molar-refractivity contribution in [2.45, 2.75) is 78.0 Å². The molecule has 0 unspecified atom stereocenters. The lowest BCUT2D eigenvalue weighted by Crippen LogP contribution is -2.45.